The van der Waals surface area contributed by atoms with E-state index in [0.29, 0.717) is 0 Å². The first-order valence-corrected chi connectivity index (χ1v) is 13.0. The Hall–Kier alpha value is -5.06. The number of anilines is 1. The number of hydrogen-bond donors (Lipinski definition) is 2. The fraction of sp³-hybridized carbons (Fsp3) is 0.241. The first-order chi connectivity index (χ1) is 19.3. The highest BCUT2D eigenvalue weighted by molar-refractivity contribution is 5.93. The Morgan fingerprint density at radius 1 is 0.900 bits per heavy atom. The third-order valence-electron chi connectivity index (χ3n) is 7.01. The van der Waals surface area contributed by atoms with Gasteiger partial charge in [-0.2, -0.15) is 0 Å². The van der Waals surface area contributed by atoms with Gasteiger partial charge in [-0.05, 0) is 48.7 Å². The standard InChI is InChI=1S/C29H27N5O6/c35-26(30-20-7-1-2-8-20)17-19-13-15-21(16-14-19)33-28(37)22-9-3-5-11-24(22)32(29(33)38)18-27(36)31-23-10-4-6-12-25(23)34(39)40/h3-6,9-16,20H,1-2,7-8,17-18H2,(H,30,35)(H,31,36). The van der Waals surface area contributed by atoms with Crippen molar-refractivity contribution < 1.29 is 14.5 Å². The van der Waals surface area contributed by atoms with Crippen molar-refractivity contribution in [3.05, 3.63) is 109 Å². The Morgan fingerprint density at radius 2 is 1.57 bits per heavy atom. The Bertz CT molecular complexity index is 1720. The molecule has 11 heteroatoms. The zero-order chi connectivity index (χ0) is 28.2. The lowest BCUT2D eigenvalue weighted by Gasteiger charge is -2.15. The van der Waals surface area contributed by atoms with Gasteiger partial charge in [-0.1, -0.05) is 49.2 Å². The average molecular weight is 542 g/mol. The summed E-state index contributed by atoms with van der Waals surface area (Å²) in [7, 11) is 0. The Kier molecular flexibility index (Phi) is 7.54. The fourth-order valence-electron chi connectivity index (χ4n) is 5.07. The maximum Gasteiger partial charge on any atom is 0.336 e. The van der Waals surface area contributed by atoms with Gasteiger partial charge < -0.3 is 10.6 Å². The molecule has 1 aliphatic carbocycles. The molecule has 2 amide bonds. The molecule has 2 N–H and O–H groups in total. The second-order valence-electron chi connectivity index (χ2n) is 9.74. The molecule has 1 heterocycles. The summed E-state index contributed by atoms with van der Waals surface area (Å²) in [5.74, 6) is -0.745. The second-order valence-corrected chi connectivity index (χ2v) is 9.74. The molecule has 0 spiro atoms. The van der Waals surface area contributed by atoms with Crippen LogP contribution in [0, 0.1) is 10.1 Å². The van der Waals surface area contributed by atoms with Gasteiger partial charge in [0.1, 0.15) is 12.2 Å². The van der Waals surface area contributed by atoms with Gasteiger partial charge in [-0.15, -0.1) is 0 Å². The molecular formula is C29H27N5O6. The highest BCUT2D eigenvalue weighted by Gasteiger charge is 2.20. The summed E-state index contributed by atoms with van der Waals surface area (Å²) in [5.41, 5.74) is -0.306. The summed E-state index contributed by atoms with van der Waals surface area (Å²) in [6.45, 7) is -0.481. The van der Waals surface area contributed by atoms with Gasteiger partial charge in [0.15, 0.2) is 0 Å². The molecule has 5 rings (SSSR count). The quantitative estimate of drug-likeness (QED) is 0.259. The van der Waals surface area contributed by atoms with E-state index in [1.165, 1.54) is 18.2 Å². The minimum atomic E-state index is -0.742. The topological polar surface area (TPSA) is 145 Å². The molecule has 40 heavy (non-hydrogen) atoms. The normalized spacial score (nSPS) is 13.3. The van der Waals surface area contributed by atoms with Crippen LogP contribution in [0.4, 0.5) is 11.4 Å². The van der Waals surface area contributed by atoms with Gasteiger partial charge in [-0.3, -0.25) is 29.1 Å². The third kappa shape index (κ3) is 5.53. The minimum absolute atomic E-state index is 0.00395. The van der Waals surface area contributed by atoms with Crippen molar-refractivity contribution in [3.63, 3.8) is 0 Å². The minimum Gasteiger partial charge on any atom is -0.353 e. The SMILES string of the molecule is O=C(Cn1c(=O)n(-c2ccc(CC(=O)NC3CCCC3)cc2)c(=O)c2ccccc21)Nc1ccccc1[N+](=O)[O-]. The van der Waals surface area contributed by atoms with Gasteiger partial charge in [0.05, 0.1) is 27.9 Å². The number of carbonyl (C=O) groups is 2. The van der Waals surface area contributed by atoms with E-state index in [9.17, 15) is 29.3 Å². The van der Waals surface area contributed by atoms with Gasteiger partial charge in [0.2, 0.25) is 11.8 Å². The van der Waals surface area contributed by atoms with E-state index in [2.05, 4.69) is 10.6 Å². The largest absolute Gasteiger partial charge is 0.353 e. The van der Waals surface area contributed by atoms with Crippen LogP contribution in [0.25, 0.3) is 16.6 Å². The fourth-order valence-corrected chi connectivity index (χ4v) is 5.07. The summed E-state index contributed by atoms with van der Waals surface area (Å²) in [4.78, 5) is 63.0. The number of aromatic nitrogens is 2. The summed E-state index contributed by atoms with van der Waals surface area (Å²) >= 11 is 0. The van der Waals surface area contributed by atoms with E-state index in [1.54, 1.807) is 54.6 Å². The maximum atomic E-state index is 13.6. The lowest BCUT2D eigenvalue weighted by Crippen LogP contribution is -2.40. The van der Waals surface area contributed by atoms with Crippen LogP contribution in [0.2, 0.25) is 0 Å². The Labute approximate surface area is 228 Å². The lowest BCUT2D eigenvalue weighted by molar-refractivity contribution is -0.383. The number of nitro benzene ring substituents is 1. The van der Waals surface area contributed by atoms with Crippen molar-refractivity contribution in [1.82, 2.24) is 14.5 Å². The molecule has 1 fully saturated rings. The number of amides is 2. The molecule has 1 aliphatic rings. The highest BCUT2D eigenvalue weighted by atomic mass is 16.6. The van der Waals surface area contributed by atoms with E-state index in [0.717, 1.165) is 40.4 Å². The van der Waals surface area contributed by atoms with Crippen LogP contribution in [0.5, 0.6) is 0 Å². The van der Waals surface area contributed by atoms with Crippen molar-refractivity contribution >= 4 is 34.1 Å². The number of rotatable bonds is 8. The summed E-state index contributed by atoms with van der Waals surface area (Å²) in [6, 6.07) is 18.9. The van der Waals surface area contributed by atoms with Crippen LogP contribution in [0.1, 0.15) is 31.2 Å². The van der Waals surface area contributed by atoms with Gasteiger partial charge >= 0.3 is 5.69 Å². The molecule has 204 valence electrons. The van der Waals surface area contributed by atoms with Crippen LogP contribution >= 0.6 is 0 Å². The second kappa shape index (κ2) is 11.4. The maximum absolute atomic E-state index is 13.6. The predicted octanol–water partition coefficient (Wildman–Crippen LogP) is 3.30. The number of para-hydroxylation sites is 3. The number of nitro groups is 1. The van der Waals surface area contributed by atoms with Crippen LogP contribution < -0.4 is 21.9 Å². The first kappa shape index (κ1) is 26.5. The molecule has 1 saturated carbocycles. The van der Waals surface area contributed by atoms with Gasteiger partial charge in [0.25, 0.3) is 11.2 Å². The molecule has 0 saturated heterocycles. The van der Waals surface area contributed by atoms with Crippen LogP contribution in [0.15, 0.2) is 82.4 Å². The van der Waals surface area contributed by atoms with Gasteiger partial charge in [0, 0.05) is 12.1 Å². The summed E-state index contributed by atoms with van der Waals surface area (Å²) < 4.78 is 2.13. The van der Waals surface area contributed by atoms with Crippen molar-refractivity contribution in [1.29, 1.82) is 0 Å². The number of hydrogen-bond acceptors (Lipinski definition) is 6. The number of nitrogens with zero attached hydrogens (tertiary/aromatic N) is 3. The van der Waals surface area contributed by atoms with E-state index in [-0.39, 0.29) is 46.3 Å². The van der Waals surface area contributed by atoms with Crippen molar-refractivity contribution in [2.75, 3.05) is 5.32 Å². The Morgan fingerprint density at radius 3 is 2.30 bits per heavy atom. The van der Waals surface area contributed by atoms with E-state index >= 15 is 0 Å². The van der Waals surface area contributed by atoms with Crippen molar-refractivity contribution in [3.8, 4) is 5.69 Å². The van der Waals surface area contributed by atoms with E-state index in [1.807, 2.05) is 0 Å². The Balaban J connectivity index is 1.44. The monoisotopic (exact) mass is 541 g/mol. The molecule has 4 aromatic rings. The molecule has 0 unspecified atom stereocenters. The number of nitrogens with one attached hydrogen (secondary N) is 2. The number of benzene rings is 3. The molecule has 0 bridgehead atoms. The zero-order valence-electron chi connectivity index (χ0n) is 21.5. The van der Waals surface area contributed by atoms with Crippen molar-refractivity contribution in [2.24, 2.45) is 0 Å². The number of carbonyl (C=O) groups excluding carboxylic acids is 2. The smallest absolute Gasteiger partial charge is 0.336 e. The first-order valence-electron chi connectivity index (χ1n) is 13.0. The zero-order valence-corrected chi connectivity index (χ0v) is 21.5. The van der Waals surface area contributed by atoms with Crippen LogP contribution in [-0.2, 0) is 22.6 Å². The van der Waals surface area contributed by atoms with Gasteiger partial charge in [-0.25, -0.2) is 9.36 Å². The van der Waals surface area contributed by atoms with Crippen molar-refractivity contribution in [2.45, 2.75) is 44.7 Å². The molecule has 11 nitrogen and oxygen atoms in total. The molecule has 3 aromatic carbocycles. The van der Waals surface area contributed by atoms with Crippen LogP contribution in [-0.4, -0.2) is 31.9 Å². The third-order valence-corrected chi connectivity index (χ3v) is 7.01. The van der Waals surface area contributed by atoms with E-state index in [4.69, 9.17) is 0 Å². The summed E-state index contributed by atoms with van der Waals surface area (Å²) in [6.07, 6.45) is 4.39. The summed E-state index contributed by atoms with van der Waals surface area (Å²) in [5, 5.41) is 17.1. The highest BCUT2D eigenvalue weighted by Crippen LogP contribution is 2.23. The lowest BCUT2D eigenvalue weighted by atomic mass is 10.1. The molecule has 0 radical (unpaired) electrons. The predicted molar refractivity (Wildman–Crippen MR) is 150 cm³/mol. The average Bonchev–Trinajstić information content (AvgIpc) is 3.45. The van der Waals surface area contributed by atoms with Crippen LogP contribution in [0.3, 0.4) is 0 Å². The molecule has 1 aromatic heterocycles. The van der Waals surface area contributed by atoms with E-state index < -0.39 is 28.6 Å². The molecular weight excluding hydrogens is 514 g/mol. The number of fused-ring (bicyclic) bond motifs is 1. The molecule has 0 atom stereocenters. The molecule has 0 aliphatic heterocycles.